The number of aromatic nitrogens is 2. The number of nitrogens with one attached hydrogen (secondary N) is 3. The first-order chi connectivity index (χ1) is 9.72. The van der Waals surface area contributed by atoms with E-state index in [0.29, 0.717) is 11.3 Å². The summed E-state index contributed by atoms with van der Waals surface area (Å²) >= 11 is 4.12. The standard InChI is InChI=1S/C14H19N3OS2/c1-9(15-7-11-8-19-4-5-20-11)10-2-3-12-13(6-10)17-14(18)16-12/h2-3,6,9,11,15H,4-5,7-8H2,1H3,(H2,16,17,18). The highest BCUT2D eigenvalue weighted by molar-refractivity contribution is 8.06. The molecule has 6 heteroatoms. The van der Waals surface area contributed by atoms with Gasteiger partial charge < -0.3 is 15.3 Å². The van der Waals surface area contributed by atoms with Gasteiger partial charge in [-0.1, -0.05) is 6.07 Å². The lowest BCUT2D eigenvalue weighted by Crippen LogP contribution is -2.30. The molecule has 2 heterocycles. The number of H-pyrrole nitrogens is 2. The van der Waals surface area contributed by atoms with Gasteiger partial charge in [0.25, 0.3) is 0 Å². The number of hydrogen-bond donors (Lipinski definition) is 3. The summed E-state index contributed by atoms with van der Waals surface area (Å²) < 4.78 is 0. The SMILES string of the molecule is CC(NCC1CSCCS1)c1ccc2[nH]c(=O)[nH]c2c1. The molecule has 2 atom stereocenters. The van der Waals surface area contributed by atoms with E-state index in [1.807, 2.05) is 12.1 Å². The lowest BCUT2D eigenvalue weighted by atomic mass is 10.1. The molecule has 1 saturated heterocycles. The summed E-state index contributed by atoms with van der Waals surface area (Å²) in [6.07, 6.45) is 0. The van der Waals surface area contributed by atoms with Gasteiger partial charge in [-0.2, -0.15) is 23.5 Å². The van der Waals surface area contributed by atoms with Crippen LogP contribution in [0.15, 0.2) is 23.0 Å². The van der Waals surface area contributed by atoms with E-state index in [4.69, 9.17) is 0 Å². The average molecular weight is 309 g/mol. The minimum Gasteiger partial charge on any atom is -0.309 e. The Morgan fingerprint density at radius 3 is 3.00 bits per heavy atom. The van der Waals surface area contributed by atoms with Crippen molar-refractivity contribution in [3.8, 4) is 0 Å². The summed E-state index contributed by atoms with van der Waals surface area (Å²) in [6.45, 7) is 3.22. The maximum Gasteiger partial charge on any atom is 0.323 e. The highest BCUT2D eigenvalue weighted by atomic mass is 32.2. The highest BCUT2D eigenvalue weighted by Crippen LogP contribution is 2.24. The summed E-state index contributed by atoms with van der Waals surface area (Å²) in [5.41, 5.74) is 2.81. The molecule has 1 aromatic heterocycles. The van der Waals surface area contributed by atoms with Crippen molar-refractivity contribution < 1.29 is 0 Å². The second-order valence-corrected chi connectivity index (χ2v) is 7.64. The first kappa shape index (κ1) is 14.1. The molecule has 1 aliphatic heterocycles. The number of fused-ring (bicyclic) bond motifs is 1. The van der Waals surface area contributed by atoms with Crippen LogP contribution in [0.5, 0.6) is 0 Å². The first-order valence-corrected chi connectivity index (χ1v) is 9.07. The zero-order valence-corrected chi connectivity index (χ0v) is 13.1. The first-order valence-electron chi connectivity index (χ1n) is 6.87. The molecular formula is C14H19N3OS2. The van der Waals surface area contributed by atoms with E-state index in [1.54, 1.807) is 0 Å². The average Bonchev–Trinajstić information content (AvgIpc) is 2.85. The molecule has 0 spiro atoms. The highest BCUT2D eigenvalue weighted by Gasteiger charge is 2.15. The molecule has 4 nitrogen and oxygen atoms in total. The van der Waals surface area contributed by atoms with Gasteiger partial charge in [-0.25, -0.2) is 4.79 Å². The maximum absolute atomic E-state index is 11.3. The lowest BCUT2D eigenvalue weighted by molar-refractivity contribution is 0.577. The molecular weight excluding hydrogens is 290 g/mol. The molecule has 1 aliphatic rings. The van der Waals surface area contributed by atoms with E-state index in [-0.39, 0.29) is 5.69 Å². The summed E-state index contributed by atoms with van der Waals surface area (Å²) in [6, 6.07) is 6.39. The van der Waals surface area contributed by atoms with Crippen molar-refractivity contribution in [2.45, 2.75) is 18.2 Å². The molecule has 0 saturated carbocycles. The minimum atomic E-state index is -0.145. The topological polar surface area (TPSA) is 60.7 Å². The van der Waals surface area contributed by atoms with E-state index in [0.717, 1.165) is 17.6 Å². The fraction of sp³-hybridized carbons (Fsp3) is 0.500. The normalized spacial score (nSPS) is 21.1. The molecule has 2 unspecified atom stereocenters. The third-order valence-corrected chi connectivity index (χ3v) is 6.42. The van der Waals surface area contributed by atoms with Crippen LogP contribution in [0.4, 0.5) is 0 Å². The summed E-state index contributed by atoms with van der Waals surface area (Å²) in [4.78, 5) is 16.9. The van der Waals surface area contributed by atoms with Crippen LogP contribution < -0.4 is 11.0 Å². The third kappa shape index (κ3) is 3.24. The Bertz CT molecular complexity index is 631. The van der Waals surface area contributed by atoms with Crippen molar-refractivity contribution in [2.75, 3.05) is 23.8 Å². The van der Waals surface area contributed by atoms with E-state index in [2.05, 4.69) is 51.8 Å². The second kappa shape index (κ2) is 6.28. The van der Waals surface area contributed by atoms with Crippen LogP contribution in [0.3, 0.4) is 0 Å². The van der Waals surface area contributed by atoms with Crippen molar-refractivity contribution >= 4 is 34.6 Å². The number of benzene rings is 1. The van der Waals surface area contributed by atoms with Gasteiger partial charge in [-0.3, -0.25) is 0 Å². The molecule has 3 N–H and O–H groups in total. The molecule has 0 radical (unpaired) electrons. The second-order valence-electron chi connectivity index (χ2n) is 5.08. The van der Waals surface area contributed by atoms with Crippen LogP contribution >= 0.6 is 23.5 Å². The van der Waals surface area contributed by atoms with E-state index < -0.39 is 0 Å². The number of hydrogen-bond acceptors (Lipinski definition) is 4. The van der Waals surface area contributed by atoms with Crippen LogP contribution in [0.25, 0.3) is 11.0 Å². The predicted octanol–water partition coefficient (Wildman–Crippen LogP) is 2.36. The number of thioether (sulfide) groups is 2. The fourth-order valence-corrected chi connectivity index (χ4v) is 5.02. The maximum atomic E-state index is 11.3. The molecule has 2 aromatic rings. The summed E-state index contributed by atoms with van der Waals surface area (Å²) in [5.74, 6) is 3.80. The fourth-order valence-electron chi connectivity index (χ4n) is 2.40. The monoisotopic (exact) mass is 309 g/mol. The Morgan fingerprint density at radius 2 is 2.20 bits per heavy atom. The van der Waals surface area contributed by atoms with Crippen LogP contribution in [0, 0.1) is 0 Å². The predicted molar refractivity (Wildman–Crippen MR) is 88.9 cm³/mol. The Hall–Kier alpha value is -0.850. The lowest BCUT2D eigenvalue weighted by Gasteiger charge is -2.23. The molecule has 20 heavy (non-hydrogen) atoms. The van der Waals surface area contributed by atoms with Crippen LogP contribution in [0.1, 0.15) is 18.5 Å². The van der Waals surface area contributed by atoms with Gasteiger partial charge >= 0.3 is 5.69 Å². The molecule has 0 aliphatic carbocycles. The van der Waals surface area contributed by atoms with E-state index in [1.165, 1.54) is 22.8 Å². The Morgan fingerprint density at radius 1 is 1.35 bits per heavy atom. The number of imidazole rings is 1. The van der Waals surface area contributed by atoms with Crippen LogP contribution in [-0.4, -0.2) is 39.0 Å². The van der Waals surface area contributed by atoms with Crippen LogP contribution in [0.2, 0.25) is 0 Å². The molecule has 0 amide bonds. The van der Waals surface area contributed by atoms with Gasteiger partial charge in [0.05, 0.1) is 11.0 Å². The quantitative estimate of drug-likeness (QED) is 0.811. The van der Waals surface area contributed by atoms with Crippen LogP contribution in [-0.2, 0) is 0 Å². The van der Waals surface area contributed by atoms with Gasteiger partial charge in [0, 0.05) is 35.1 Å². The van der Waals surface area contributed by atoms with Gasteiger partial charge in [-0.05, 0) is 24.6 Å². The zero-order valence-electron chi connectivity index (χ0n) is 11.4. The Kier molecular flexibility index (Phi) is 4.43. The Labute approximate surface area is 126 Å². The molecule has 3 rings (SSSR count). The van der Waals surface area contributed by atoms with Crippen molar-refractivity contribution in [2.24, 2.45) is 0 Å². The number of aromatic amines is 2. The van der Waals surface area contributed by atoms with Crippen molar-refractivity contribution in [1.82, 2.24) is 15.3 Å². The molecule has 1 fully saturated rings. The minimum absolute atomic E-state index is 0.145. The van der Waals surface area contributed by atoms with Crippen molar-refractivity contribution in [1.29, 1.82) is 0 Å². The van der Waals surface area contributed by atoms with Gasteiger partial charge in [0.1, 0.15) is 0 Å². The zero-order chi connectivity index (χ0) is 13.9. The third-order valence-electron chi connectivity index (χ3n) is 3.58. The molecule has 108 valence electrons. The van der Waals surface area contributed by atoms with E-state index in [9.17, 15) is 4.79 Å². The van der Waals surface area contributed by atoms with Gasteiger partial charge in [-0.15, -0.1) is 0 Å². The largest absolute Gasteiger partial charge is 0.323 e. The molecule has 0 bridgehead atoms. The van der Waals surface area contributed by atoms with Gasteiger partial charge in [0.2, 0.25) is 0 Å². The van der Waals surface area contributed by atoms with Crippen molar-refractivity contribution in [3.63, 3.8) is 0 Å². The smallest absolute Gasteiger partial charge is 0.309 e. The Balaban J connectivity index is 1.65. The van der Waals surface area contributed by atoms with Crippen molar-refractivity contribution in [3.05, 3.63) is 34.2 Å². The van der Waals surface area contributed by atoms with Gasteiger partial charge in [0.15, 0.2) is 0 Å². The summed E-state index contributed by atoms with van der Waals surface area (Å²) in [5, 5.41) is 4.32. The van der Waals surface area contributed by atoms with E-state index >= 15 is 0 Å². The summed E-state index contributed by atoms with van der Waals surface area (Å²) in [7, 11) is 0. The number of rotatable bonds is 4. The molecule has 1 aromatic carbocycles.